The van der Waals surface area contributed by atoms with E-state index < -0.39 is 10.0 Å². The molecule has 0 aromatic heterocycles. The molecule has 2 aromatic rings. The lowest BCUT2D eigenvalue weighted by Gasteiger charge is -2.05. The highest BCUT2D eigenvalue weighted by molar-refractivity contribution is 14.1. The Bertz CT molecular complexity index is 612. The van der Waals surface area contributed by atoms with Crippen LogP contribution in [0.1, 0.15) is 0 Å². The summed E-state index contributed by atoms with van der Waals surface area (Å²) in [6.45, 7) is 0. The molecule has 2 rings (SSSR count). The summed E-state index contributed by atoms with van der Waals surface area (Å²) in [7, 11) is -3.59. The van der Waals surface area contributed by atoms with E-state index in [1.165, 1.54) is 23.0 Å². The smallest absolute Gasteiger partial charge is 0.218 e. The summed E-state index contributed by atoms with van der Waals surface area (Å²) in [6.07, 6.45) is 0. The second-order valence-corrected chi connectivity index (χ2v) is 5.64. The van der Waals surface area contributed by atoms with E-state index in [2.05, 4.69) is 3.17 Å². The maximum atomic E-state index is 11.6. The molecule has 0 bridgehead atoms. The molecule has 0 aliphatic rings. The van der Waals surface area contributed by atoms with E-state index in [-0.39, 0.29) is 4.90 Å². The third-order valence-electron chi connectivity index (χ3n) is 2.41. The minimum atomic E-state index is -3.59. The van der Waals surface area contributed by atoms with Gasteiger partial charge in [-0.15, -0.1) is 0 Å². The van der Waals surface area contributed by atoms with Gasteiger partial charge in [0, 0.05) is 0 Å². The molecule has 6 heteroatoms. The number of hydrogen-bond donors (Lipinski definition) is 1. The Hall–Kier alpha value is -0.960. The molecule has 0 fully saturated rings. The highest BCUT2D eigenvalue weighted by Gasteiger charge is 2.13. The van der Waals surface area contributed by atoms with Crippen molar-refractivity contribution in [3.63, 3.8) is 0 Å². The first-order valence-electron chi connectivity index (χ1n) is 5.08. The summed E-state index contributed by atoms with van der Waals surface area (Å²) in [5, 5.41) is 0. The van der Waals surface area contributed by atoms with Gasteiger partial charge in [0.25, 0.3) is 10.0 Å². The molecule has 0 radical (unpaired) electrons. The minimum absolute atomic E-state index is 0.166. The molecule has 0 aliphatic carbocycles. The molecule has 0 aliphatic heterocycles. The number of sulfonamides is 1. The van der Waals surface area contributed by atoms with Gasteiger partial charge in [0.15, 0.2) is 0 Å². The molecular weight excluding hydrogens is 365 g/mol. The fraction of sp³-hybridized carbons (Fsp3) is 0. The Labute approximate surface area is 120 Å². The van der Waals surface area contributed by atoms with Crippen molar-refractivity contribution < 1.29 is 11.6 Å². The van der Waals surface area contributed by atoms with E-state index in [1.54, 1.807) is 24.3 Å². The van der Waals surface area contributed by atoms with Gasteiger partial charge in [0.1, 0.15) is 23.0 Å². The Morgan fingerprint density at radius 2 is 1.44 bits per heavy atom. The van der Waals surface area contributed by atoms with Crippen LogP contribution in [0.4, 0.5) is 0 Å². The van der Waals surface area contributed by atoms with Crippen LogP contribution < -0.4 is 4.89 Å². The monoisotopic (exact) mass is 375 g/mol. The average Bonchev–Trinajstić information content (AvgIpc) is 2.40. The van der Waals surface area contributed by atoms with E-state index in [9.17, 15) is 8.42 Å². The minimum Gasteiger partial charge on any atom is -0.218 e. The van der Waals surface area contributed by atoms with Crippen molar-refractivity contribution in [2.45, 2.75) is 4.90 Å². The van der Waals surface area contributed by atoms with Crippen LogP contribution in [0.3, 0.4) is 0 Å². The normalized spacial score (nSPS) is 11.4. The van der Waals surface area contributed by atoms with Crippen LogP contribution in [0.15, 0.2) is 59.5 Å². The van der Waals surface area contributed by atoms with Gasteiger partial charge in [-0.3, -0.25) is 0 Å². The van der Waals surface area contributed by atoms with Gasteiger partial charge >= 0.3 is 0 Å². The molecular formula is C12H10INO3S. The lowest BCUT2D eigenvalue weighted by Crippen LogP contribution is -2.20. The van der Waals surface area contributed by atoms with Gasteiger partial charge < -0.3 is 0 Å². The predicted molar refractivity (Wildman–Crippen MR) is 77.3 cm³/mol. The van der Waals surface area contributed by atoms with Crippen molar-refractivity contribution in [1.29, 1.82) is 0 Å². The Kier molecular flexibility index (Phi) is 4.33. The van der Waals surface area contributed by atoms with Crippen molar-refractivity contribution in [2.75, 3.05) is 0 Å². The average molecular weight is 375 g/mol. The van der Waals surface area contributed by atoms with Gasteiger partial charge in [-0.05, 0) is 23.3 Å². The van der Waals surface area contributed by atoms with Gasteiger partial charge in [0.2, 0.25) is 0 Å². The zero-order valence-electron chi connectivity index (χ0n) is 9.21. The number of benzene rings is 2. The summed E-state index contributed by atoms with van der Waals surface area (Å²) >= 11 is 1.47. The topological polar surface area (TPSA) is 55.4 Å². The molecule has 0 spiro atoms. The number of hydrogen-bond acceptors (Lipinski definition) is 3. The quantitative estimate of drug-likeness (QED) is 0.661. The van der Waals surface area contributed by atoms with Crippen LogP contribution in [-0.2, 0) is 13.2 Å². The van der Waals surface area contributed by atoms with Gasteiger partial charge in [-0.1, -0.05) is 47.3 Å². The largest absolute Gasteiger partial charge is 0.263 e. The summed E-state index contributed by atoms with van der Waals surface area (Å²) < 4.78 is 27.7. The van der Waals surface area contributed by atoms with E-state index in [0.29, 0.717) is 0 Å². The molecule has 1 N–H and O–H groups in total. The SMILES string of the molecule is O=S(=O)(NOI)c1ccc(-c2ccccc2)cc1. The molecule has 0 saturated carbocycles. The Morgan fingerprint density at radius 1 is 0.889 bits per heavy atom. The van der Waals surface area contributed by atoms with Crippen LogP contribution in [0, 0.1) is 0 Å². The molecule has 2 aromatic carbocycles. The first-order valence-corrected chi connectivity index (χ1v) is 7.45. The van der Waals surface area contributed by atoms with Crippen molar-refractivity contribution in [3.05, 3.63) is 54.6 Å². The van der Waals surface area contributed by atoms with Gasteiger partial charge in [0.05, 0.1) is 4.90 Å². The lowest BCUT2D eigenvalue weighted by molar-refractivity contribution is 0.369. The van der Waals surface area contributed by atoms with Crippen molar-refractivity contribution in [1.82, 2.24) is 4.89 Å². The maximum absolute atomic E-state index is 11.6. The van der Waals surface area contributed by atoms with Gasteiger partial charge in [-0.2, -0.15) is 0 Å². The molecule has 94 valence electrons. The Morgan fingerprint density at radius 3 is 2.00 bits per heavy atom. The first-order chi connectivity index (χ1) is 8.63. The van der Waals surface area contributed by atoms with E-state index in [1.807, 2.05) is 35.2 Å². The highest BCUT2D eigenvalue weighted by atomic mass is 127. The summed E-state index contributed by atoms with van der Waals surface area (Å²) in [4.78, 5) is 2.12. The number of rotatable bonds is 4. The fourth-order valence-electron chi connectivity index (χ4n) is 1.55. The van der Waals surface area contributed by atoms with E-state index in [4.69, 9.17) is 0 Å². The van der Waals surface area contributed by atoms with Crippen LogP contribution in [0.25, 0.3) is 11.1 Å². The third kappa shape index (κ3) is 3.08. The summed E-state index contributed by atoms with van der Waals surface area (Å²) in [5.41, 5.74) is 2.00. The maximum Gasteiger partial charge on any atom is 0.263 e. The fourth-order valence-corrected chi connectivity index (χ4v) is 2.93. The van der Waals surface area contributed by atoms with Crippen LogP contribution in [0.5, 0.6) is 0 Å². The van der Waals surface area contributed by atoms with Crippen LogP contribution >= 0.6 is 23.0 Å². The summed E-state index contributed by atoms with van der Waals surface area (Å²) in [6, 6.07) is 16.3. The van der Waals surface area contributed by atoms with Crippen LogP contribution in [0.2, 0.25) is 0 Å². The predicted octanol–water partition coefficient (Wildman–Crippen LogP) is 2.91. The summed E-state index contributed by atoms with van der Waals surface area (Å²) in [5.74, 6) is 0. The Balaban J connectivity index is 2.32. The standard InChI is InChI=1S/C12H10INO3S/c13-17-14-18(15,16)12-8-6-11(7-9-12)10-4-2-1-3-5-10/h1-9,14H. The lowest BCUT2D eigenvalue weighted by atomic mass is 10.1. The second-order valence-electron chi connectivity index (χ2n) is 3.55. The highest BCUT2D eigenvalue weighted by Crippen LogP contribution is 2.20. The molecule has 0 atom stereocenters. The van der Waals surface area contributed by atoms with E-state index >= 15 is 0 Å². The van der Waals surface area contributed by atoms with Crippen molar-refractivity contribution >= 4 is 33.0 Å². The number of halogens is 1. The zero-order valence-corrected chi connectivity index (χ0v) is 12.2. The third-order valence-corrected chi connectivity index (χ3v) is 4.13. The second kappa shape index (κ2) is 5.79. The van der Waals surface area contributed by atoms with Crippen molar-refractivity contribution in [3.8, 4) is 11.1 Å². The molecule has 18 heavy (non-hydrogen) atoms. The first kappa shape index (κ1) is 13.5. The molecule has 0 amide bonds. The van der Waals surface area contributed by atoms with Gasteiger partial charge in [-0.25, -0.2) is 11.6 Å². The molecule has 0 heterocycles. The molecule has 4 nitrogen and oxygen atoms in total. The zero-order chi connectivity index (χ0) is 13.0. The van der Waals surface area contributed by atoms with Crippen molar-refractivity contribution in [2.24, 2.45) is 0 Å². The molecule has 0 saturated heterocycles. The van der Waals surface area contributed by atoms with E-state index in [0.717, 1.165) is 11.1 Å². The molecule has 0 unspecified atom stereocenters. The van der Waals surface area contributed by atoms with Crippen LogP contribution in [-0.4, -0.2) is 8.42 Å². The number of nitrogens with one attached hydrogen (secondary N) is 1.